The number of nitrogens with one attached hydrogen (secondary N) is 1. The maximum atomic E-state index is 12.0. The predicted molar refractivity (Wildman–Crippen MR) is 78.6 cm³/mol. The zero-order valence-corrected chi connectivity index (χ0v) is 12.9. The van der Waals surface area contributed by atoms with Crippen LogP contribution < -0.4 is 10.1 Å². The van der Waals surface area contributed by atoms with Crippen molar-refractivity contribution in [3.8, 4) is 5.75 Å². The van der Waals surface area contributed by atoms with Gasteiger partial charge in [0.25, 0.3) is 0 Å². The van der Waals surface area contributed by atoms with Crippen LogP contribution in [0.2, 0.25) is 0 Å². The molecule has 1 N–H and O–H groups in total. The SMILES string of the molecule is COc1ccc(C(C(C)=O)N2CCNCC2)cc1Br. The minimum absolute atomic E-state index is 0.163. The number of benzene rings is 1. The molecule has 1 saturated heterocycles. The molecule has 1 aromatic carbocycles. The van der Waals surface area contributed by atoms with E-state index in [4.69, 9.17) is 4.74 Å². The molecular formula is C14H19BrN2O2. The Morgan fingerprint density at radius 2 is 2.11 bits per heavy atom. The summed E-state index contributed by atoms with van der Waals surface area (Å²) in [6.07, 6.45) is 0. The quantitative estimate of drug-likeness (QED) is 0.918. The van der Waals surface area contributed by atoms with Gasteiger partial charge in [0.15, 0.2) is 5.78 Å². The monoisotopic (exact) mass is 326 g/mol. The minimum Gasteiger partial charge on any atom is -0.496 e. The zero-order valence-electron chi connectivity index (χ0n) is 11.3. The van der Waals surface area contributed by atoms with Crippen LogP contribution >= 0.6 is 15.9 Å². The molecule has 4 nitrogen and oxygen atoms in total. The highest BCUT2D eigenvalue weighted by molar-refractivity contribution is 9.10. The van der Waals surface area contributed by atoms with E-state index in [-0.39, 0.29) is 11.8 Å². The summed E-state index contributed by atoms with van der Waals surface area (Å²) in [5, 5.41) is 3.31. The number of hydrogen-bond donors (Lipinski definition) is 1. The fourth-order valence-corrected chi connectivity index (χ4v) is 3.05. The van der Waals surface area contributed by atoms with E-state index in [1.165, 1.54) is 0 Å². The van der Waals surface area contributed by atoms with Gasteiger partial charge in [-0.05, 0) is 40.5 Å². The topological polar surface area (TPSA) is 41.6 Å². The molecule has 1 unspecified atom stereocenters. The molecule has 0 bridgehead atoms. The van der Waals surface area contributed by atoms with Gasteiger partial charge in [0.2, 0.25) is 0 Å². The second-order valence-electron chi connectivity index (χ2n) is 4.69. The van der Waals surface area contributed by atoms with Crippen LogP contribution in [-0.2, 0) is 4.79 Å². The molecule has 1 heterocycles. The van der Waals surface area contributed by atoms with E-state index in [2.05, 4.69) is 26.1 Å². The summed E-state index contributed by atoms with van der Waals surface area (Å²) >= 11 is 3.48. The van der Waals surface area contributed by atoms with E-state index >= 15 is 0 Å². The molecule has 2 rings (SSSR count). The van der Waals surface area contributed by atoms with E-state index in [0.717, 1.165) is 42.0 Å². The van der Waals surface area contributed by atoms with Gasteiger partial charge in [-0.25, -0.2) is 0 Å². The summed E-state index contributed by atoms with van der Waals surface area (Å²) in [4.78, 5) is 14.2. The van der Waals surface area contributed by atoms with Gasteiger partial charge in [-0.1, -0.05) is 6.07 Å². The number of rotatable bonds is 4. The van der Waals surface area contributed by atoms with Gasteiger partial charge in [0, 0.05) is 26.2 Å². The molecule has 0 aliphatic carbocycles. The molecule has 19 heavy (non-hydrogen) atoms. The van der Waals surface area contributed by atoms with Crippen molar-refractivity contribution in [1.82, 2.24) is 10.2 Å². The first-order valence-electron chi connectivity index (χ1n) is 6.42. The molecule has 1 fully saturated rings. The average molecular weight is 327 g/mol. The maximum Gasteiger partial charge on any atom is 0.151 e. The minimum atomic E-state index is -0.163. The van der Waals surface area contributed by atoms with Crippen LogP contribution in [0.4, 0.5) is 0 Å². The second-order valence-corrected chi connectivity index (χ2v) is 5.55. The number of ether oxygens (including phenoxy) is 1. The van der Waals surface area contributed by atoms with Crippen LogP contribution in [0.5, 0.6) is 5.75 Å². The highest BCUT2D eigenvalue weighted by Gasteiger charge is 2.26. The van der Waals surface area contributed by atoms with Crippen molar-refractivity contribution < 1.29 is 9.53 Å². The Morgan fingerprint density at radius 1 is 1.42 bits per heavy atom. The summed E-state index contributed by atoms with van der Waals surface area (Å²) in [6.45, 7) is 5.31. The summed E-state index contributed by atoms with van der Waals surface area (Å²) in [7, 11) is 1.64. The van der Waals surface area contributed by atoms with Gasteiger partial charge in [0.05, 0.1) is 17.6 Å². The summed E-state index contributed by atoms with van der Waals surface area (Å²) < 4.78 is 6.11. The van der Waals surface area contributed by atoms with Gasteiger partial charge in [-0.15, -0.1) is 0 Å². The number of piperazine rings is 1. The van der Waals surface area contributed by atoms with Crippen molar-refractivity contribution in [2.24, 2.45) is 0 Å². The molecule has 0 aromatic heterocycles. The lowest BCUT2D eigenvalue weighted by molar-refractivity contribution is -0.122. The number of ketones is 1. The van der Waals surface area contributed by atoms with E-state index in [1.54, 1.807) is 14.0 Å². The molecule has 5 heteroatoms. The first-order chi connectivity index (χ1) is 9.13. The van der Waals surface area contributed by atoms with Crippen molar-refractivity contribution in [3.63, 3.8) is 0 Å². The van der Waals surface area contributed by atoms with Gasteiger partial charge in [0.1, 0.15) is 5.75 Å². The van der Waals surface area contributed by atoms with E-state index in [1.807, 2.05) is 18.2 Å². The predicted octanol–water partition coefficient (Wildman–Crippen LogP) is 1.99. The standard InChI is InChI=1S/C14H19BrN2O2/c1-10(18)14(17-7-5-16-6-8-17)11-3-4-13(19-2)12(15)9-11/h3-4,9,14,16H,5-8H2,1-2H3. The van der Waals surface area contributed by atoms with E-state index in [9.17, 15) is 4.79 Å². The van der Waals surface area contributed by atoms with Crippen molar-refractivity contribution in [1.29, 1.82) is 0 Å². The molecule has 1 aliphatic rings. The van der Waals surface area contributed by atoms with Gasteiger partial charge >= 0.3 is 0 Å². The highest BCUT2D eigenvalue weighted by Crippen LogP contribution is 2.30. The third-order valence-corrected chi connectivity index (χ3v) is 4.01. The Bertz CT molecular complexity index is 459. The zero-order chi connectivity index (χ0) is 13.8. The Morgan fingerprint density at radius 3 is 2.63 bits per heavy atom. The van der Waals surface area contributed by atoms with Crippen molar-refractivity contribution in [2.75, 3.05) is 33.3 Å². The van der Waals surface area contributed by atoms with Crippen LogP contribution in [0, 0.1) is 0 Å². The van der Waals surface area contributed by atoms with Gasteiger partial charge in [-0.2, -0.15) is 0 Å². The van der Waals surface area contributed by atoms with Gasteiger partial charge in [-0.3, -0.25) is 9.69 Å². The Kier molecular flexibility index (Phi) is 4.96. The number of carbonyl (C=O) groups excluding carboxylic acids is 1. The van der Waals surface area contributed by atoms with Crippen molar-refractivity contribution >= 4 is 21.7 Å². The molecule has 0 saturated carbocycles. The fraction of sp³-hybridized carbons (Fsp3) is 0.500. The fourth-order valence-electron chi connectivity index (χ4n) is 2.50. The lowest BCUT2D eigenvalue weighted by atomic mass is 10.0. The second kappa shape index (κ2) is 6.50. The van der Waals surface area contributed by atoms with Gasteiger partial charge < -0.3 is 10.1 Å². The summed E-state index contributed by atoms with van der Waals surface area (Å²) in [5.41, 5.74) is 1.02. The number of hydrogen-bond acceptors (Lipinski definition) is 4. The van der Waals surface area contributed by atoms with Crippen molar-refractivity contribution in [3.05, 3.63) is 28.2 Å². The number of carbonyl (C=O) groups is 1. The maximum absolute atomic E-state index is 12.0. The van der Waals surface area contributed by atoms with Crippen LogP contribution in [0.15, 0.2) is 22.7 Å². The normalized spacial score (nSPS) is 18.1. The average Bonchev–Trinajstić information content (AvgIpc) is 2.40. The first kappa shape index (κ1) is 14.5. The number of Topliss-reactive ketones (excluding diaryl/α,β-unsaturated/α-hetero) is 1. The number of nitrogens with zero attached hydrogens (tertiary/aromatic N) is 1. The Labute approximate surface area is 122 Å². The number of halogens is 1. The molecule has 1 atom stereocenters. The smallest absolute Gasteiger partial charge is 0.151 e. The molecular weight excluding hydrogens is 308 g/mol. The van der Waals surface area contributed by atoms with Crippen molar-refractivity contribution in [2.45, 2.75) is 13.0 Å². The molecule has 0 radical (unpaired) electrons. The third-order valence-electron chi connectivity index (χ3n) is 3.39. The molecule has 1 aliphatic heterocycles. The lowest BCUT2D eigenvalue weighted by Gasteiger charge is -2.33. The molecule has 0 amide bonds. The first-order valence-corrected chi connectivity index (χ1v) is 7.21. The highest BCUT2D eigenvalue weighted by atomic mass is 79.9. The Hall–Kier alpha value is -0.910. The van der Waals surface area contributed by atoms with E-state index < -0.39 is 0 Å². The molecule has 1 aromatic rings. The van der Waals surface area contributed by atoms with Crippen LogP contribution in [0.1, 0.15) is 18.5 Å². The molecule has 0 spiro atoms. The summed E-state index contributed by atoms with van der Waals surface area (Å²) in [6, 6.07) is 5.69. The Balaban J connectivity index is 2.28. The number of methoxy groups -OCH3 is 1. The lowest BCUT2D eigenvalue weighted by Crippen LogP contribution is -2.46. The summed E-state index contributed by atoms with van der Waals surface area (Å²) in [5.74, 6) is 0.963. The van der Waals surface area contributed by atoms with E-state index in [0.29, 0.717) is 0 Å². The van der Waals surface area contributed by atoms with Crippen LogP contribution in [-0.4, -0.2) is 44.0 Å². The van der Waals surface area contributed by atoms with Crippen LogP contribution in [0.25, 0.3) is 0 Å². The third kappa shape index (κ3) is 3.35. The largest absolute Gasteiger partial charge is 0.496 e. The van der Waals surface area contributed by atoms with Crippen LogP contribution in [0.3, 0.4) is 0 Å². The molecule has 104 valence electrons.